The summed E-state index contributed by atoms with van der Waals surface area (Å²) in [5.41, 5.74) is -11.6. The van der Waals surface area contributed by atoms with Crippen LogP contribution in [0.2, 0.25) is 0 Å². The lowest BCUT2D eigenvalue weighted by Crippen LogP contribution is -2.30. The Balaban J connectivity index is 2.08. The minimum Gasteiger partial charge on any atom is -0.375 e. The van der Waals surface area contributed by atoms with Crippen molar-refractivity contribution in [1.29, 1.82) is 0 Å². The molecule has 0 unspecified atom stereocenters. The number of rotatable bonds is 4. The van der Waals surface area contributed by atoms with E-state index in [0.717, 1.165) is 0 Å². The van der Waals surface area contributed by atoms with Gasteiger partial charge in [0, 0.05) is 5.41 Å². The van der Waals surface area contributed by atoms with Gasteiger partial charge in [-0.3, -0.25) is 0 Å². The summed E-state index contributed by atoms with van der Waals surface area (Å²) in [5, 5.41) is 0. The van der Waals surface area contributed by atoms with Crippen molar-refractivity contribution in [2.75, 3.05) is 0 Å². The zero-order valence-corrected chi connectivity index (χ0v) is 27.2. The summed E-state index contributed by atoms with van der Waals surface area (Å²) < 4.78 is 136. The molecule has 0 saturated carbocycles. The second kappa shape index (κ2) is 9.24. The molecule has 0 aromatic heterocycles. The molecule has 0 saturated heterocycles. The standard InChI is InChI=1S/C25H24Br2F6O6S2/c1-11-7-13-15(17(26)19(11)38-40(34,35)24(28,29)30)23(9-21(13,3)4)10-22(5,6)14-8-12(2)20(18(27)16(14)23)39-41(36,37)25(31,32)33/h7-8H,9-10H2,1-6H3. The zero-order chi connectivity index (χ0) is 31.5. The number of hydrogen-bond acceptors (Lipinski definition) is 6. The summed E-state index contributed by atoms with van der Waals surface area (Å²) in [6, 6.07) is 3.07. The lowest BCUT2D eigenvalue weighted by atomic mass is 9.72. The van der Waals surface area contributed by atoms with Gasteiger partial charge in [0.15, 0.2) is 11.5 Å². The average Bonchev–Trinajstić information content (AvgIpc) is 3.11. The summed E-state index contributed by atoms with van der Waals surface area (Å²) in [4.78, 5) is 0. The molecule has 0 heterocycles. The quantitative estimate of drug-likeness (QED) is 0.179. The second-order valence-corrected chi connectivity index (χ2v) is 16.3. The Kier molecular flexibility index (Phi) is 7.30. The molecule has 0 bridgehead atoms. The Morgan fingerprint density at radius 1 is 0.683 bits per heavy atom. The Morgan fingerprint density at radius 2 is 0.976 bits per heavy atom. The summed E-state index contributed by atoms with van der Waals surface area (Å²) in [6.45, 7) is 10.3. The van der Waals surface area contributed by atoms with Gasteiger partial charge in [-0.1, -0.05) is 39.8 Å². The normalized spacial score (nSPS) is 19.3. The van der Waals surface area contributed by atoms with Gasteiger partial charge in [0.25, 0.3) is 0 Å². The Labute approximate surface area is 250 Å². The maximum atomic E-state index is 13.2. The van der Waals surface area contributed by atoms with Gasteiger partial charge < -0.3 is 8.37 Å². The van der Waals surface area contributed by atoms with Crippen LogP contribution in [0.1, 0.15) is 73.9 Å². The minimum absolute atomic E-state index is 0.0626. The average molecular weight is 758 g/mol. The molecule has 0 aliphatic heterocycles. The molecule has 2 aliphatic rings. The van der Waals surface area contributed by atoms with E-state index in [1.807, 2.05) is 27.7 Å². The Hall–Kier alpha value is -1.52. The van der Waals surface area contributed by atoms with E-state index in [-0.39, 0.29) is 20.1 Å². The predicted octanol–water partition coefficient (Wildman–Crippen LogP) is 7.93. The number of aryl methyl sites for hydroxylation is 2. The van der Waals surface area contributed by atoms with E-state index in [2.05, 4.69) is 40.2 Å². The molecular weight excluding hydrogens is 734 g/mol. The van der Waals surface area contributed by atoms with Crippen LogP contribution in [0.4, 0.5) is 26.3 Å². The van der Waals surface area contributed by atoms with Crippen LogP contribution in [-0.4, -0.2) is 27.9 Å². The third kappa shape index (κ3) is 4.88. The highest BCUT2D eigenvalue weighted by Gasteiger charge is 2.60. The fourth-order valence-corrected chi connectivity index (χ4v) is 9.53. The van der Waals surface area contributed by atoms with Gasteiger partial charge in [0.2, 0.25) is 0 Å². The lowest BCUT2D eigenvalue weighted by Gasteiger charge is -2.32. The van der Waals surface area contributed by atoms with E-state index in [1.54, 1.807) is 0 Å². The number of alkyl halides is 6. The van der Waals surface area contributed by atoms with Crippen LogP contribution in [0.25, 0.3) is 0 Å². The van der Waals surface area contributed by atoms with Gasteiger partial charge in [-0.2, -0.15) is 43.2 Å². The molecular formula is C25H24Br2F6O6S2. The van der Waals surface area contributed by atoms with Crippen LogP contribution in [0.5, 0.6) is 11.5 Å². The first kappa shape index (κ1) is 32.4. The fourth-order valence-electron chi connectivity index (χ4n) is 6.28. The topological polar surface area (TPSA) is 86.7 Å². The highest BCUT2D eigenvalue weighted by atomic mass is 79.9. The fraction of sp³-hybridized carbons (Fsp3) is 0.520. The van der Waals surface area contributed by atoms with Crippen LogP contribution < -0.4 is 8.37 Å². The van der Waals surface area contributed by atoms with Gasteiger partial charge >= 0.3 is 31.3 Å². The number of hydrogen-bond donors (Lipinski definition) is 0. The van der Waals surface area contributed by atoms with Gasteiger partial charge in [0.05, 0.1) is 8.95 Å². The Bertz CT molecular complexity index is 1570. The maximum absolute atomic E-state index is 13.2. The zero-order valence-electron chi connectivity index (χ0n) is 22.4. The van der Waals surface area contributed by atoms with Gasteiger partial charge in [-0.25, -0.2) is 0 Å². The molecule has 1 spiro atoms. The van der Waals surface area contributed by atoms with E-state index in [4.69, 9.17) is 0 Å². The lowest BCUT2D eigenvalue weighted by molar-refractivity contribution is -0.0505. The van der Waals surface area contributed by atoms with Crippen molar-refractivity contribution >= 4 is 52.1 Å². The molecule has 41 heavy (non-hydrogen) atoms. The summed E-state index contributed by atoms with van der Waals surface area (Å²) in [7, 11) is -12.1. The molecule has 0 atom stereocenters. The smallest absolute Gasteiger partial charge is 0.375 e. The summed E-state index contributed by atoms with van der Waals surface area (Å²) in [6.07, 6.45) is 0.596. The molecule has 4 rings (SSSR count). The molecule has 0 fully saturated rings. The molecule has 228 valence electrons. The Morgan fingerprint density at radius 3 is 1.24 bits per heavy atom. The molecule has 16 heteroatoms. The van der Waals surface area contributed by atoms with Crippen molar-refractivity contribution in [1.82, 2.24) is 0 Å². The monoisotopic (exact) mass is 756 g/mol. The van der Waals surface area contributed by atoms with Crippen LogP contribution in [0.3, 0.4) is 0 Å². The third-order valence-electron chi connectivity index (χ3n) is 7.67. The molecule has 2 aromatic carbocycles. The molecule has 6 nitrogen and oxygen atoms in total. The SMILES string of the molecule is Cc1cc2c(c(Br)c1OS(=O)(=O)C(F)(F)F)C1(CC2(C)C)CC(C)(C)c2cc(C)c(OS(=O)(=O)C(F)(F)F)c(Br)c21. The van der Waals surface area contributed by atoms with Gasteiger partial charge in [-0.15, -0.1) is 0 Å². The first-order valence-corrected chi connectivity index (χ1v) is 16.3. The van der Waals surface area contributed by atoms with Crippen LogP contribution in [-0.2, 0) is 36.5 Å². The van der Waals surface area contributed by atoms with E-state index < -0.39 is 59.0 Å². The van der Waals surface area contributed by atoms with Crippen molar-refractivity contribution in [3.05, 3.63) is 54.5 Å². The summed E-state index contributed by atoms with van der Waals surface area (Å²) >= 11 is 6.63. The second-order valence-electron chi connectivity index (χ2n) is 11.7. The molecule has 0 N–H and O–H groups in total. The predicted molar refractivity (Wildman–Crippen MR) is 145 cm³/mol. The molecule has 2 aromatic rings. The van der Waals surface area contributed by atoms with E-state index in [0.29, 0.717) is 35.1 Å². The number of benzene rings is 2. The highest BCUT2D eigenvalue weighted by molar-refractivity contribution is 9.11. The summed E-state index contributed by atoms with van der Waals surface area (Å²) in [5.74, 6) is -1.16. The first-order valence-electron chi connectivity index (χ1n) is 11.9. The van der Waals surface area contributed by atoms with Crippen molar-refractivity contribution in [3.63, 3.8) is 0 Å². The minimum atomic E-state index is -6.05. The van der Waals surface area contributed by atoms with Crippen molar-refractivity contribution in [2.24, 2.45) is 0 Å². The van der Waals surface area contributed by atoms with Gasteiger partial charge in [0.1, 0.15) is 0 Å². The molecule has 0 amide bonds. The van der Waals surface area contributed by atoms with Crippen LogP contribution >= 0.6 is 31.9 Å². The van der Waals surface area contributed by atoms with Crippen molar-refractivity contribution < 1.29 is 51.5 Å². The van der Waals surface area contributed by atoms with E-state index in [1.165, 1.54) is 26.0 Å². The van der Waals surface area contributed by atoms with Crippen LogP contribution in [0, 0.1) is 13.8 Å². The van der Waals surface area contributed by atoms with Crippen LogP contribution in [0.15, 0.2) is 21.1 Å². The van der Waals surface area contributed by atoms with Crippen molar-refractivity contribution in [2.45, 2.75) is 81.6 Å². The van der Waals surface area contributed by atoms with E-state index >= 15 is 0 Å². The third-order valence-corrected chi connectivity index (χ3v) is 11.1. The van der Waals surface area contributed by atoms with Gasteiger partial charge in [-0.05, 0) is 103 Å². The maximum Gasteiger partial charge on any atom is 0.534 e. The van der Waals surface area contributed by atoms with Crippen molar-refractivity contribution in [3.8, 4) is 11.5 Å². The highest BCUT2D eigenvalue weighted by Crippen LogP contribution is 2.67. The molecule has 2 aliphatic carbocycles. The molecule has 0 radical (unpaired) electrons. The largest absolute Gasteiger partial charge is 0.534 e. The van der Waals surface area contributed by atoms with E-state index in [9.17, 15) is 43.2 Å². The number of halogens is 8. The number of fused-ring (bicyclic) bond motifs is 4. The first-order chi connectivity index (χ1) is 18.2.